The SMILES string of the molecule is CCN1CCN(c2cc3[nH]c(C(=O)C(C)(C)C)nc3cc2Cl)[C@@H](C)C1. The van der Waals surface area contributed by atoms with Crippen LogP contribution >= 0.6 is 11.6 Å². The van der Waals surface area contributed by atoms with E-state index < -0.39 is 5.41 Å². The quantitative estimate of drug-likeness (QED) is 0.839. The van der Waals surface area contributed by atoms with E-state index in [9.17, 15) is 4.79 Å². The molecule has 1 aromatic heterocycles. The number of hydrogen-bond acceptors (Lipinski definition) is 4. The van der Waals surface area contributed by atoms with Gasteiger partial charge in [0.1, 0.15) is 0 Å². The maximum Gasteiger partial charge on any atom is 0.203 e. The number of imidazole rings is 1. The number of likely N-dealkylation sites (N-methyl/N-ethyl adjacent to an activating group) is 1. The molecule has 1 aliphatic rings. The number of anilines is 1. The number of rotatable bonds is 3. The molecule has 0 radical (unpaired) electrons. The van der Waals surface area contributed by atoms with Crippen molar-refractivity contribution in [1.29, 1.82) is 0 Å². The predicted octanol–water partition coefficient (Wildman–Crippen LogP) is 3.98. The molecule has 0 bridgehead atoms. The number of piperazine rings is 1. The van der Waals surface area contributed by atoms with Crippen molar-refractivity contribution in [2.24, 2.45) is 5.41 Å². The molecule has 136 valence electrons. The second-order valence-electron chi connectivity index (χ2n) is 7.92. The lowest BCUT2D eigenvalue weighted by Crippen LogP contribution is -2.51. The molecule has 0 amide bonds. The summed E-state index contributed by atoms with van der Waals surface area (Å²) < 4.78 is 0. The molecule has 1 N–H and O–H groups in total. The minimum absolute atomic E-state index is 0.00583. The molecule has 1 saturated heterocycles. The molecule has 5 nitrogen and oxygen atoms in total. The van der Waals surface area contributed by atoms with E-state index in [-0.39, 0.29) is 5.78 Å². The summed E-state index contributed by atoms with van der Waals surface area (Å²) in [6.45, 7) is 14.2. The maximum absolute atomic E-state index is 12.5. The van der Waals surface area contributed by atoms with Gasteiger partial charge in [0.15, 0.2) is 5.82 Å². The Morgan fingerprint density at radius 2 is 2.08 bits per heavy atom. The van der Waals surface area contributed by atoms with E-state index in [0.29, 0.717) is 16.9 Å². The zero-order valence-electron chi connectivity index (χ0n) is 15.7. The molecule has 1 atom stereocenters. The molecule has 0 aliphatic carbocycles. The standard InChI is InChI=1S/C19H27ClN4O/c1-6-23-7-8-24(12(2)11-23)16-10-15-14(9-13(16)20)21-18(22-15)17(25)19(3,4)5/h9-10,12H,6-8,11H2,1-5H3,(H,21,22)/t12-/m0/s1. The number of ketones is 1. The number of H-pyrrole nitrogens is 1. The topological polar surface area (TPSA) is 52.2 Å². The molecule has 0 unspecified atom stereocenters. The van der Waals surface area contributed by atoms with Gasteiger partial charge in [0.05, 0.1) is 21.7 Å². The first kappa shape index (κ1) is 18.2. The van der Waals surface area contributed by atoms with Crippen molar-refractivity contribution >= 4 is 34.1 Å². The molecule has 2 aromatic rings. The number of Topliss-reactive ketones (excluding diaryl/α,β-unsaturated/α-hetero) is 1. The maximum atomic E-state index is 12.5. The number of nitrogens with one attached hydrogen (secondary N) is 1. The van der Waals surface area contributed by atoms with Gasteiger partial charge in [0, 0.05) is 31.1 Å². The zero-order valence-corrected chi connectivity index (χ0v) is 16.4. The molecule has 6 heteroatoms. The summed E-state index contributed by atoms with van der Waals surface area (Å²) in [4.78, 5) is 24.9. The number of halogens is 1. The van der Waals surface area contributed by atoms with E-state index in [4.69, 9.17) is 11.6 Å². The van der Waals surface area contributed by atoms with Crippen LogP contribution in [0.4, 0.5) is 5.69 Å². The van der Waals surface area contributed by atoms with Crippen LogP contribution in [0.2, 0.25) is 5.02 Å². The van der Waals surface area contributed by atoms with Crippen molar-refractivity contribution in [3.05, 3.63) is 23.0 Å². The van der Waals surface area contributed by atoms with Crippen molar-refractivity contribution < 1.29 is 4.79 Å². The molecule has 2 heterocycles. The smallest absolute Gasteiger partial charge is 0.203 e. The fraction of sp³-hybridized carbons (Fsp3) is 0.579. The molecule has 1 aromatic carbocycles. The highest BCUT2D eigenvalue weighted by Gasteiger charge is 2.28. The van der Waals surface area contributed by atoms with Crippen LogP contribution in [0.5, 0.6) is 0 Å². The number of carbonyl (C=O) groups is 1. The third-order valence-electron chi connectivity index (χ3n) is 4.91. The molecule has 0 saturated carbocycles. The average molecular weight is 363 g/mol. The third-order valence-corrected chi connectivity index (χ3v) is 5.22. The molecule has 3 rings (SSSR count). The van der Waals surface area contributed by atoms with Crippen molar-refractivity contribution in [1.82, 2.24) is 14.9 Å². The zero-order chi connectivity index (χ0) is 18.4. The average Bonchev–Trinajstić information content (AvgIpc) is 2.95. The van der Waals surface area contributed by atoms with Gasteiger partial charge in [0.25, 0.3) is 0 Å². The van der Waals surface area contributed by atoms with Crippen LogP contribution in [0.15, 0.2) is 12.1 Å². The van der Waals surface area contributed by atoms with Crippen LogP contribution in [0, 0.1) is 5.41 Å². The Morgan fingerprint density at radius 1 is 1.36 bits per heavy atom. The van der Waals surface area contributed by atoms with E-state index in [1.54, 1.807) is 0 Å². The molecular formula is C19H27ClN4O. The first-order valence-electron chi connectivity index (χ1n) is 8.93. The van der Waals surface area contributed by atoms with Gasteiger partial charge in [-0.05, 0) is 25.6 Å². The van der Waals surface area contributed by atoms with Gasteiger partial charge in [-0.2, -0.15) is 0 Å². The summed E-state index contributed by atoms with van der Waals surface area (Å²) >= 11 is 6.56. The van der Waals surface area contributed by atoms with Gasteiger partial charge in [-0.15, -0.1) is 0 Å². The van der Waals surface area contributed by atoms with Crippen LogP contribution in [0.3, 0.4) is 0 Å². The van der Waals surface area contributed by atoms with Crippen LogP contribution in [0.1, 0.15) is 45.2 Å². The second kappa shape index (κ2) is 6.61. The van der Waals surface area contributed by atoms with E-state index in [2.05, 4.69) is 33.6 Å². The van der Waals surface area contributed by atoms with Crippen molar-refractivity contribution in [3.63, 3.8) is 0 Å². The summed E-state index contributed by atoms with van der Waals surface area (Å²) in [5.41, 5.74) is 2.14. The predicted molar refractivity (Wildman–Crippen MR) is 104 cm³/mol. The van der Waals surface area contributed by atoms with E-state index >= 15 is 0 Å². The summed E-state index contributed by atoms with van der Waals surface area (Å²) in [6.07, 6.45) is 0. The van der Waals surface area contributed by atoms with Gasteiger partial charge in [-0.1, -0.05) is 39.3 Å². The summed E-state index contributed by atoms with van der Waals surface area (Å²) in [7, 11) is 0. The highest BCUT2D eigenvalue weighted by atomic mass is 35.5. The van der Waals surface area contributed by atoms with Gasteiger partial charge in [-0.3, -0.25) is 9.69 Å². The number of benzene rings is 1. The Hall–Kier alpha value is -1.59. The van der Waals surface area contributed by atoms with Crippen LogP contribution in [-0.2, 0) is 0 Å². The summed E-state index contributed by atoms with van der Waals surface area (Å²) in [6, 6.07) is 4.28. The number of hydrogen-bond donors (Lipinski definition) is 1. The van der Waals surface area contributed by atoms with E-state index in [1.165, 1.54) is 0 Å². The van der Waals surface area contributed by atoms with Crippen LogP contribution in [0.25, 0.3) is 11.0 Å². The lowest BCUT2D eigenvalue weighted by Gasteiger charge is -2.41. The monoisotopic (exact) mass is 362 g/mol. The van der Waals surface area contributed by atoms with Gasteiger partial charge in [0.2, 0.25) is 5.78 Å². The van der Waals surface area contributed by atoms with Gasteiger partial charge < -0.3 is 9.88 Å². The van der Waals surface area contributed by atoms with Gasteiger partial charge in [-0.25, -0.2) is 4.98 Å². The Bertz CT molecular complexity index is 793. The summed E-state index contributed by atoms with van der Waals surface area (Å²) in [5, 5.41) is 0.686. The molecular weight excluding hydrogens is 336 g/mol. The fourth-order valence-electron chi connectivity index (χ4n) is 3.38. The molecule has 1 aliphatic heterocycles. The van der Waals surface area contributed by atoms with Gasteiger partial charge >= 0.3 is 0 Å². The van der Waals surface area contributed by atoms with Crippen molar-refractivity contribution in [2.75, 3.05) is 31.1 Å². The first-order valence-corrected chi connectivity index (χ1v) is 9.31. The number of nitrogens with zero attached hydrogens (tertiary/aromatic N) is 3. The number of aromatic amines is 1. The fourth-order valence-corrected chi connectivity index (χ4v) is 3.65. The summed E-state index contributed by atoms with van der Waals surface area (Å²) in [5.74, 6) is 0.408. The molecule has 25 heavy (non-hydrogen) atoms. The first-order chi connectivity index (χ1) is 11.7. The van der Waals surface area contributed by atoms with E-state index in [1.807, 2.05) is 32.9 Å². The minimum atomic E-state index is -0.467. The Labute approximate surface area is 154 Å². The lowest BCUT2D eigenvalue weighted by atomic mass is 9.90. The minimum Gasteiger partial charge on any atom is -0.365 e. The lowest BCUT2D eigenvalue weighted by molar-refractivity contribution is 0.0848. The molecule has 0 spiro atoms. The van der Waals surface area contributed by atoms with Crippen LogP contribution < -0.4 is 4.90 Å². The Morgan fingerprint density at radius 3 is 2.68 bits per heavy atom. The third kappa shape index (κ3) is 3.53. The Kier molecular flexibility index (Phi) is 4.82. The van der Waals surface area contributed by atoms with Crippen LogP contribution in [-0.4, -0.2) is 52.9 Å². The highest BCUT2D eigenvalue weighted by Crippen LogP contribution is 2.33. The Balaban J connectivity index is 1.95. The number of aromatic nitrogens is 2. The normalized spacial score (nSPS) is 19.6. The largest absolute Gasteiger partial charge is 0.365 e. The van der Waals surface area contributed by atoms with E-state index in [0.717, 1.165) is 42.9 Å². The highest BCUT2D eigenvalue weighted by molar-refractivity contribution is 6.34. The number of carbonyl (C=O) groups excluding carboxylic acids is 1. The van der Waals surface area contributed by atoms with Crippen molar-refractivity contribution in [3.8, 4) is 0 Å². The molecule has 1 fully saturated rings. The second-order valence-corrected chi connectivity index (χ2v) is 8.33. The number of fused-ring (bicyclic) bond motifs is 1. The van der Waals surface area contributed by atoms with Crippen molar-refractivity contribution in [2.45, 2.75) is 40.7 Å².